The normalized spacial score (nSPS) is 26.7. The number of nitrogens with two attached hydrogens (primary N) is 1. The maximum Gasteiger partial charge on any atom is 0.241 e. The van der Waals surface area contributed by atoms with Crippen LogP contribution in [0.15, 0.2) is 0 Å². The molecule has 1 heterocycles. The van der Waals surface area contributed by atoms with Gasteiger partial charge in [-0.1, -0.05) is 0 Å². The van der Waals surface area contributed by atoms with Crippen LogP contribution in [-0.2, 0) is 9.59 Å². The third kappa shape index (κ3) is 4.66. The number of piperidine rings is 1. The molecule has 2 amide bonds. The van der Waals surface area contributed by atoms with Gasteiger partial charge in [0.25, 0.3) is 0 Å². The summed E-state index contributed by atoms with van der Waals surface area (Å²) in [5, 5.41) is 2.76. The minimum atomic E-state index is -0.00619. The molecule has 2 rings (SSSR count). The summed E-state index contributed by atoms with van der Waals surface area (Å²) >= 11 is 0. The molecule has 2 unspecified atom stereocenters. The molecule has 3 N–H and O–H groups in total. The van der Waals surface area contributed by atoms with Gasteiger partial charge in [-0.05, 0) is 38.5 Å². The number of amides is 2. The van der Waals surface area contributed by atoms with E-state index in [2.05, 4.69) is 5.32 Å². The van der Waals surface area contributed by atoms with Gasteiger partial charge in [0, 0.05) is 25.0 Å². The minimum Gasteiger partial charge on any atom is -0.347 e. The summed E-state index contributed by atoms with van der Waals surface area (Å²) in [6.07, 6.45) is 5.89. The molecular formula is C13H24ClN3O2. The van der Waals surface area contributed by atoms with Crippen LogP contribution in [0.4, 0.5) is 0 Å². The number of rotatable bonds is 3. The monoisotopic (exact) mass is 289 g/mol. The second kappa shape index (κ2) is 7.70. The molecule has 1 aliphatic carbocycles. The van der Waals surface area contributed by atoms with E-state index in [1.807, 2.05) is 4.90 Å². The van der Waals surface area contributed by atoms with Gasteiger partial charge in [0.1, 0.15) is 0 Å². The van der Waals surface area contributed by atoms with Gasteiger partial charge in [-0.25, -0.2) is 0 Å². The SMILES string of the molecule is Cl.NC1CCC(C(=O)NCC(=O)N2CCCCC2)C1. The van der Waals surface area contributed by atoms with E-state index in [-0.39, 0.29) is 42.7 Å². The van der Waals surface area contributed by atoms with E-state index in [0.29, 0.717) is 0 Å². The molecule has 0 spiro atoms. The van der Waals surface area contributed by atoms with E-state index >= 15 is 0 Å². The number of nitrogens with zero attached hydrogens (tertiary/aromatic N) is 1. The molecule has 0 bridgehead atoms. The molecule has 1 saturated heterocycles. The lowest BCUT2D eigenvalue weighted by atomic mass is 10.1. The highest BCUT2D eigenvalue weighted by molar-refractivity contribution is 5.86. The first-order valence-corrected chi connectivity index (χ1v) is 6.98. The zero-order valence-electron chi connectivity index (χ0n) is 11.3. The Morgan fingerprint density at radius 1 is 1.16 bits per heavy atom. The predicted octanol–water partition coefficient (Wildman–Crippen LogP) is 0.664. The second-order valence-corrected chi connectivity index (χ2v) is 5.43. The van der Waals surface area contributed by atoms with Gasteiger partial charge in [-0.15, -0.1) is 12.4 Å². The van der Waals surface area contributed by atoms with Gasteiger partial charge in [0.05, 0.1) is 6.54 Å². The fourth-order valence-corrected chi connectivity index (χ4v) is 2.82. The van der Waals surface area contributed by atoms with Crippen molar-refractivity contribution in [1.82, 2.24) is 10.2 Å². The number of likely N-dealkylation sites (tertiary alicyclic amines) is 1. The van der Waals surface area contributed by atoms with Crippen molar-refractivity contribution in [3.63, 3.8) is 0 Å². The number of nitrogens with one attached hydrogen (secondary N) is 1. The van der Waals surface area contributed by atoms with E-state index in [0.717, 1.165) is 45.2 Å². The van der Waals surface area contributed by atoms with Crippen molar-refractivity contribution in [3.05, 3.63) is 0 Å². The molecule has 2 aliphatic rings. The first-order valence-electron chi connectivity index (χ1n) is 6.98. The molecule has 1 saturated carbocycles. The zero-order chi connectivity index (χ0) is 13.0. The van der Waals surface area contributed by atoms with Crippen molar-refractivity contribution >= 4 is 24.2 Å². The number of carbonyl (C=O) groups is 2. The number of hydrogen-bond donors (Lipinski definition) is 2. The summed E-state index contributed by atoms with van der Waals surface area (Å²) in [5.41, 5.74) is 5.78. The Labute approximate surface area is 120 Å². The fourth-order valence-electron chi connectivity index (χ4n) is 2.82. The third-order valence-electron chi connectivity index (χ3n) is 3.97. The Morgan fingerprint density at radius 2 is 1.84 bits per heavy atom. The molecule has 2 atom stereocenters. The molecule has 19 heavy (non-hydrogen) atoms. The zero-order valence-corrected chi connectivity index (χ0v) is 12.1. The van der Waals surface area contributed by atoms with Crippen molar-refractivity contribution in [2.45, 2.75) is 44.6 Å². The number of halogens is 1. The summed E-state index contributed by atoms with van der Waals surface area (Å²) in [7, 11) is 0. The summed E-state index contributed by atoms with van der Waals surface area (Å²) in [5.74, 6) is 0.0489. The highest BCUT2D eigenvalue weighted by Gasteiger charge is 2.28. The molecule has 6 heteroatoms. The van der Waals surface area contributed by atoms with Crippen LogP contribution < -0.4 is 11.1 Å². The van der Waals surface area contributed by atoms with Gasteiger partial charge in [0.15, 0.2) is 0 Å². The van der Waals surface area contributed by atoms with Crippen LogP contribution in [0.3, 0.4) is 0 Å². The molecule has 0 radical (unpaired) electrons. The van der Waals surface area contributed by atoms with Crippen LogP contribution in [0, 0.1) is 5.92 Å². The molecule has 110 valence electrons. The van der Waals surface area contributed by atoms with Crippen LogP contribution in [0.5, 0.6) is 0 Å². The average molecular weight is 290 g/mol. The first-order chi connectivity index (χ1) is 8.66. The van der Waals surface area contributed by atoms with Crippen LogP contribution in [0.2, 0.25) is 0 Å². The van der Waals surface area contributed by atoms with Crippen LogP contribution in [0.1, 0.15) is 38.5 Å². The van der Waals surface area contributed by atoms with Crippen molar-refractivity contribution in [2.75, 3.05) is 19.6 Å². The quantitative estimate of drug-likeness (QED) is 0.802. The van der Waals surface area contributed by atoms with Crippen molar-refractivity contribution in [2.24, 2.45) is 11.7 Å². The maximum absolute atomic E-state index is 11.9. The lowest BCUT2D eigenvalue weighted by molar-refractivity contribution is -0.134. The molecule has 5 nitrogen and oxygen atoms in total. The van der Waals surface area contributed by atoms with E-state index in [9.17, 15) is 9.59 Å². The molecule has 0 aromatic carbocycles. The lowest BCUT2D eigenvalue weighted by Gasteiger charge is -2.27. The van der Waals surface area contributed by atoms with E-state index in [1.165, 1.54) is 6.42 Å². The molecule has 0 aromatic rings. The summed E-state index contributed by atoms with van der Waals surface area (Å²) in [4.78, 5) is 25.6. The van der Waals surface area contributed by atoms with Crippen LogP contribution in [0.25, 0.3) is 0 Å². The number of hydrogen-bond acceptors (Lipinski definition) is 3. The highest BCUT2D eigenvalue weighted by Crippen LogP contribution is 2.23. The molecule has 0 aromatic heterocycles. The second-order valence-electron chi connectivity index (χ2n) is 5.43. The van der Waals surface area contributed by atoms with E-state index in [4.69, 9.17) is 5.73 Å². The minimum absolute atomic E-state index is 0. The van der Waals surface area contributed by atoms with Crippen LogP contribution >= 0.6 is 12.4 Å². The Morgan fingerprint density at radius 3 is 2.42 bits per heavy atom. The highest BCUT2D eigenvalue weighted by atomic mass is 35.5. The Bertz CT molecular complexity index is 302. The Kier molecular flexibility index (Phi) is 6.58. The fraction of sp³-hybridized carbons (Fsp3) is 0.846. The first kappa shape index (κ1) is 16.2. The number of carbonyl (C=O) groups excluding carboxylic acids is 2. The Hall–Kier alpha value is -0.810. The maximum atomic E-state index is 11.9. The van der Waals surface area contributed by atoms with E-state index < -0.39 is 0 Å². The standard InChI is InChI=1S/C13H23N3O2.ClH/c14-11-5-4-10(8-11)13(18)15-9-12(17)16-6-2-1-3-7-16;/h10-11H,1-9,14H2,(H,15,18);1H. The van der Waals surface area contributed by atoms with E-state index in [1.54, 1.807) is 0 Å². The summed E-state index contributed by atoms with van der Waals surface area (Å²) in [6.45, 7) is 1.82. The van der Waals surface area contributed by atoms with Gasteiger partial charge < -0.3 is 16.0 Å². The van der Waals surface area contributed by atoms with Crippen molar-refractivity contribution < 1.29 is 9.59 Å². The van der Waals surface area contributed by atoms with Gasteiger partial charge in [0.2, 0.25) is 11.8 Å². The van der Waals surface area contributed by atoms with Crippen molar-refractivity contribution in [1.29, 1.82) is 0 Å². The molecule has 2 fully saturated rings. The summed E-state index contributed by atoms with van der Waals surface area (Å²) in [6, 6.07) is 0.151. The largest absolute Gasteiger partial charge is 0.347 e. The van der Waals surface area contributed by atoms with Crippen molar-refractivity contribution in [3.8, 4) is 0 Å². The lowest BCUT2D eigenvalue weighted by Crippen LogP contribution is -2.43. The van der Waals surface area contributed by atoms with Crippen LogP contribution in [-0.4, -0.2) is 42.4 Å². The van der Waals surface area contributed by atoms with Gasteiger partial charge in [-0.3, -0.25) is 9.59 Å². The van der Waals surface area contributed by atoms with Gasteiger partial charge in [-0.2, -0.15) is 0 Å². The smallest absolute Gasteiger partial charge is 0.241 e. The molecular weight excluding hydrogens is 266 g/mol. The predicted molar refractivity (Wildman–Crippen MR) is 76.0 cm³/mol. The Balaban J connectivity index is 0.00000180. The summed E-state index contributed by atoms with van der Waals surface area (Å²) < 4.78 is 0. The third-order valence-corrected chi connectivity index (χ3v) is 3.97. The topological polar surface area (TPSA) is 75.4 Å². The average Bonchev–Trinajstić information content (AvgIpc) is 2.83. The van der Waals surface area contributed by atoms with Gasteiger partial charge >= 0.3 is 0 Å². The molecule has 1 aliphatic heterocycles.